The van der Waals surface area contributed by atoms with Crippen LogP contribution in [-0.4, -0.2) is 34.2 Å². The molecule has 1 saturated heterocycles. The standard InChI is InChI=1S/C24H25N3O3/c1-5-24(3,4)27(22(29)19-9-7-6-8-16(19)2)20-14-21(28)26(23(20)30)18-12-10-17(15-25)11-13-18/h6-13,20H,5,14H2,1-4H3. The Kier molecular flexibility index (Phi) is 5.75. The lowest BCUT2D eigenvalue weighted by atomic mass is 9.94. The van der Waals surface area contributed by atoms with Gasteiger partial charge in [-0.1, -0.05) is 25.1 Å². The van der Waals surface area contributed by atoms with Crippen LogP contribution < -0.4 is 4.90 Å². The van der Waals surface area contributed by atoms with Gasteiger partial charge in [-0.3, -0.25) is 14.4 Å². The highest BCUT2D eigenvalue weighted by Gasteiger charge is 2.48. The van der Waals surface area contributed by atoms with Gasteiger partial charge in [0.2, 0.25) is 5.91 Å². The zero-order valence-electron chi connectivity index (χ0n) is 17.7. The van der Waals surface area contributed by atoms with Gasteiger partial charge in [0, 0.05) is 11.1 Å². The molecule has 6 heteroatoms. The fourth-order valence-electron chi connectivity index (χ4n) is 3.73. The molecule has 0 aromatic heterocycles. The van der Waals surface area contributed by atoms with Crippen molar-refractivity contribution >= 4 is 23.4 Å². The van der Waals surface area contributed by atoms with E-state index < -0.39 is 17.5 Å². The zero-order valence-corrected chi connectivity index (χ0v) is 17.7. The highest BCUT2D eigenvalue weighted by Crippen LogP contribution is 2.33. The molecule has 0 spiro atoms. The van der Waals surface area contributed by atoms with Crippen LogP contribution in [0.25, 0.3) is 0 Å². The molecule has 3 rings (SSSR count). The Balaban J connectivity index is 2.01. The largest absolute Gasteiger partial charge is 0.321 e. The minimum Gasteiger partial charge on any atom is -0.321 e. The number of amides is 3. The summed E-state index contributed by atoms with van der Waals surface area (Å²) in [7, 11) is 0. The van der Waals surface area contributed by atoms with Crippen LogP contribution in [0, 0.1) is 18.3 Å². The van der Waals surface area contributed by atoms with E-state index in [1.165, 1.54) is 0 Å². The Bertz CT molecular complexity index is 1030. The molecule has 2 aromatic carbocycles. The van der Waals surface area contributed by atoms with E-state index in [-0.39, 0.29) is 18.2 Å². The van der Waals surface area contributed by atoms with E-state index in [0.29, 0.717) is 23.2 Å². The normalized spacial score (nSPS) is 16.5. The smallest absolute Gasteiger partial charge is 0.257 e. The first-order valence-corrected chi connectivity index (χ1v) is 9.97. The van der Waals surface area contributed by atoms with Crippen molar-refractivity contribution < 1.29 is 14.4 Å². The first kappa shape index (κ1) is 21.3. The number of nitrogens with zero attached hydrogens (tertiary/aromatic N) is 3. The monoisotopic (exact) mass is 403 g/mol. The van der Waals surface area contributed by atoms with Crippen molar-refractivity contribution in [2.45, 2.75) is 52.1 Å². The number of rotatable bonds is 5. The lowest BCUT2D eigenvalue weighted by Crippen LogP contribution is -2.55. The van der Waals surface area contributed by atoms with Crippen LogP contribution in [0.3, 0.4) is 0 Å². The average Bonchev–Trinajstić information content (AvgIpc) is 3.02. The van der Waals surface area contributed by atoms with E-state index in [4.69, 9.17) is 5.26 Å². The number of anilines is 1. The summed E-state index contributed by atoms with van der Waals surface area (Å²) in [6, 6.07) is 14.7. The van der Waals surface area contributed by atoms with Gasteiger partial charge in [0.1, 0.15) is 6.04 Å². The van der Waals surface area contributed by atoms with Crippen LogP contribution in [0.1, 0.15) is 55.1 Å². The lowest BCUT2D eigenvalue weighted by Gasteiger charge is -2.41. The average molecular weight is 403 g/mol. The van der Waals surface area contributed by atoms with Crippen molar-refractivity contribution in [3.63, 3.8) is 0 Å². The molecule has 0 aliphatic carbocycles. The molecule has 0 saturated carbocycles. The van der Waals surface area contributed by atoms with Gasteiger partial charge < -0.3 is 4.90 Å². The SMILES string of the molecule is CCC(C)(C)N(C(=O)c1ccccc1C)C1CC(=O)N(c2ccc(C#N)cc2)C1=O. The maximum atomic E-state index is 13.5. The van der Waals surface area contributed by atoms with Gasteiger partial charge in [0.05, 0.1) is 23.7 Å². The Morgan fingerprint density at radius 2 is 1.80 bits per heavy atom. The third-order valence-corrected chi connectivity index (χ3v) is 5.80. The summed E-state index contributed by atoms with van der Waals surface area (Å²) in [5, 5.41) is 8.98. The molecule has 30 heavy (non-hydrogen) atoms. The van der Waals surface area contributed by atoms with Crippen LogP contribution in [0.2, 0.25) is 0 Å². The lowest BCUT2D eigenvalue weighted by molar-refractivity contribution is -0.123. The molecular formula is C24H25N3O3. The van der Waals surface area contributed by atoms with E-state index >= 15 is 0 Å². The van der Waals surface area contributed by atoms with Gasteiger partial charge in [-0.15, -0.1) is 0 Å². The van der Waals surface area contributed by atoms with Crippen LogP contribution in [-0.2, 0) is 9.59 Å². The number of benzene rings is 2. The predicted molar refractivity (Wildman–Crippen MR) is 114 cm³/mol. The summed E-state index contributed by atoms with van der Waals surface area (Å²) < 4.78 is 0. The Labute approximate surface area is 176 Å². The first-order chi connectivity index (χ1) is 14.2. The number of aryl methyl sites for hydroxylation is 1. The first-order valence-electron chi connectivity index (χ1n) is 9.97. The Hall–Kier alpha value is -3.46. The van der Waals surface area contributed by atoms with E-state index in [1.54, 1.807) is 41.3 Å². The minimum atomic E-state index is -0.879. The molecule has 1 heterocycles. The van der Waals surface area contributed by atoms with Crippen molar-refractivity contribution in [2.75, 3.05) is 4.90 Å². The maximum Gasteiger partial charge on any atom is 0.257 e. The molecule has 2 aromatic rings. The summed E-state index contributed by atoms with van der Waals surface area (Å²) in [4.78, 5) is 42.4. The van der Waals surface area contributed by atoms with E-state index in [9.17, 15) is 14.4 Å². The van der Waals surface area contributed by atoms with Gasteiger partial charge >= 0.3 is 0 Å². The number of hydrogen-bond donors (Lipinski definition) is 0. The number of carbonyl (C=O) groups is 3. The van der Waals surface area contributed by atoms with Crippen LogP contribution in [0.15, 0.2) is 48.5 Å². The summed E-state index contributed by atoms with van der Waals surface area (Å²) in [6.07, 6.45) is 0.555. The number of hydrogen-bond acceptors (Lipinski definition) is 4. The Morgan fingerprint density at radius 1 is 1.17 bits per heavy atom. The third kappa shape index (κ3) is 3.71. The molecule has 1 unspecified atom stereocenters. The molecule has 154 valence electrons. The van der Waals surface area contributed by atoms with E-state index in [2.05, 4.69) is 0 Å². The van der Waals surface area contributed by atoms with Gasteiger partial charge in [0.15, 0.2) is 0 Å². The summed E-state index contributed by atoms with van der Waals surface area (Å²) in [5.74, 6) is -1.04. The Morgan fingerprint density at radius 3 is 2.37 bits per heavy atom. The molecule has 0 radical (unpaired) electrons. The maximum absolute atomic E-state index is 13.5. The molecule has 6 nitrogen and oxygen atoms in total. The van der Waals surface area contributed by atoms with Gasteiger partial charge in [-0.05, 0) is 63.1 Å². The second-order valence-electron chi connectivity index (χ2n) is 8.10. The van der Waals surface area contributed by atoms with Gasteiger partial charge in [-0.2, -0.15) is 5.26 Å². The van der Waals surface area contributed by atoms with Crippen LogP contribution >= 0.6 is 0 Å². The molecule has 0 bridgehead atoms. The van der Waals surface area contributed by atoms with Crippen molar-refractivity contribution in [3.8, 4) is 6.07 Å². The van der Waals surface area contributed by atoms with Gasteiger partial charge in [-0.25, -0.2) is 4.90 Å². The molecule has 1 atom stereocenters. The summed E-state index contributed by atoms with van der Waals surface area (Å²) in [6.45, 7) is 7.63. The van der Waals surface area contributed by atoms with E-state index in [1.807, 2.05) is 45.9 Å². The number of nitriles is 1. The highest BCUT2D eigenvalue weighted by molar-refractivity contribution is 6.23. The van der Waals surface area contributed by atoms with Crippen LogP contribution in [0.5, 0.6) is 0 Å². The summed E-state index contributed by atoms with van der Waals surface area (Å²) >= 11 is 0. The van der Waals surface area contributed by atoms with Crippen molar-refractivity contribution in [1.82, 2.24) is 4.90 Å². The molecule has 1 fully saturated rings. The number of imide groups is 1. The fraction of sp³-hybridized carbons (Fsp3) is 0.333. The van der Waals surface area contributed by atoms with Gasteiger partial charge in [0.25, 0.3) is 11.8 Å². The van der Waals surface area contributed by atoms with Crippen molar-refractivity contribution in [3.05, 3.63) is 65.2 Å². The molecule has 0 N–H and O–H groups in total. The fourth-order valence-corrected chi connectivity index (χ4v) is 3.73. The van der Waals surface area contributed by atoms with Crippen molar-refractivity contribution in [1.29, 1.82) is 5.26 Å². The topological polar surface area (TPSA) is 81.5 Å². The highest BCUT2D eigenvalue weighted by atomic mass is 16.2. The number of carbonyl (C=O) groups excluding carboxylic acids is 3. The molecule has 1 aliphatic rings. The van der Waals surface area contributed by atoms with E-state index in [0.717, 1.165) is 10.5 Å². The second-order valence-corrected chi connectivity index (χ2v) is 8.10. The molecular weight excluding hydrogens is 378 g/mol. The second kappa shape index (κ2) is 8.11. The van der Waals surface area contributed by atoms with Crippen LogP contribution in [0.4, 0.5) is 5.69 Å². The quantitative estimate of drug-likeness (QED) is 0.711. The van der Waals surface area contributed by atoms with Crippen molar-refractivity contribution in [2.24, 2.45) is 0 Å². The molecule has 1 aliphatic heterocycles. The molecule has 3 amide bonds. The minimum absolute atomic E-state index is 0.0696. The third-order valence-electron chi connectivity index (χ3n) is 5.80. The predicted octanol–water partition coefficient (Wildman–Crippen LogP) is 3.83. The summed E-state index contributed by atoms with van der Waals surface area (Å²) in [5.41, 5.74) is 1.57. The zero-order chi connectivity index (χ0) is 22.1.